The zero-order valence-corrected chi connectivity index (χ0v) is 20.8. The summed E-state index contributed by atoms with van der Waals surface area (Å²) in [6.07, 6.45) is 3.49. The van der Waals surface area contributed by atoms with Crippen molar-refractivity contribution in [3.8, 4) is 0 Å². The molecule has 0 atom stereocenters. The number of nitrogens with zero attached hydrogens (tertiary/aromatic N) is 2. The van der Waals surface area contributed by atoms with E-state index in [0.717, 1.165) is 48.9 Å². The molecule has 5 aromatic carbocycles. The summed E-state index contributed by atoms with van der Waals surface area (Å²) in [5, 5.41) is 7.31. The van der Waals surface area contributed by atoms with Gasteiger partial charge in [-0.25, -0.2) is 0 Å². The number of carbonyl (C=O) groups excluding carboxylic acids is 1. The van der Waals surface area contributed by atoms with Crippen molar-refractivity contribution in [1.29, 1.82) is 0 Å². The molecule has 4 heteroatoms. The molecule has 0 saturated carbocycles. The Balaban J connectivity index is 0.000000258. The molecule has 0 spiro atoms. The normalized spacial score (nSPS) is 15.4. The Morgan fingerprint density at radius 2 is 1.56 bits per heavy atom. The van der Waals surface area contributed by atoms with Gasteiger partial charge in [0.25, 0.3) is 0 Å². The van der Waals surface area contributed by atoms with Gasteiger partial charge < -0.3 is 0 Å². The Morgan fingerprint density at radius 3 is 2.31 bits per heavy atom. The van der Waals surface area contributed by atoms with Crippen molar-refractivity contribution in [2.24, 2.45) is 0 Å². The van der Waals surface area contributed by atoms with Gasteiger partial charge in [-0.05, 0) is 45.7 Å². The summed E-state index contributed by atoms with van der Waals surface area (Å²) in [4.78, 5) is 15.7. The van der Waals surface area contributed by atoms with Gasteiger partial charge in [-0.1, -0.05) is 89.9 Å². The number of rotatable bonds is 3. The van der Waals surface area contributed by atoms with E-state index in [1.54, 1.807) is 0 Å². The number of carbonyl (C=O) groups is 1. The molecule has 2 aliphatic heterocycles. The second-order valence-electron chi connectivity index (χ2n) is 10.1. The molecule has 0 fully saturated rings. The molecule has 0 saturated heterocycles. The van der Waals surface area contributed by atoms with Crippen molar-refractivity contribution < 1.29 is 9.37 Å². The average molecular weight is 469 g/mol. The van der Waals surface area contributed by atoms with Crippen LogP contribution in [0.15, 0.2) is 78.9 Å². The van der Waals surface area contributed by atoms with E-state index >= 15 is 0 Å². The second kappa shape index (κ2) is 9.42. The molecule has 0 aliphatic carbocycles. The van der Waals surface area contributed by atoms with Crippen LogP contribution in [-0.2, 0) is 0 Å². The molecule has 2 aliphatic rings. The van der Waals surface area contributed by atoms with Crippen LogP contribution in [0.5, 0.6) is 0 Å². The van der Waals surface area contributed by atoms with E-state index in [9.17, 15) is 4.79 Å². The van der Waals surface area contributed by atoms with Gasteiger partial charge in [-0.3, -0.25) is 14.3 Å². The highest BCUT2D eigenvalue weighted by Gasteiger charge is 2.32. The lowest BCUT2D eigenvalue weighted by Gasteiger charge is -2.23. The van der Waals surface area contributed by atoms with Crippen LogP contribution in [0.4, 0.5) is 0 Å². The van der Waals surface area contributed by atoms with Gasteiger partial charge in [0.05, 0.1) is 26.1 Å². The van der Waals surface area contributed by atoms with Crippen molar-refractivity contribution in [2.45, 2.75) is 26.2 Å². The number of Topliss-reactive ketones (excluding diaryl/α,β-unsaturated/α-hetero) is 1. The van der Waals surface area contributed by atoms with Crippen molar-refractivity contribution in [3.63, 3.8) is 0 Å². The SMILES string of the molecule is O=C(CN1CCC[N+]2=C1CCC2)c1ccc2ccc3cccc4ccc1c2c34.[B]c1cccc(C)c1. The third-order valence-electron chi connectivity index (χ3n) is 7.62. The number of ketones is 1. The fraction of sp³-hybridized carbons (Fsp3) is 0.250. The van der Waals surface area contributed by atoms with Gasteiger partial charge in [-0.15, -0.1) is 0 Å². The zero-order valence-electron chi connectivity index (χ0n) is 20.8. The van der Waals surface area contributed by atoms with Crippen molar-refractivity contribution in [3.05, 3.63) is 90.0 Å². The smallest absolute Gasteiger partial charge is 0.247 e. The first-order chi connectivity index (χ1) is 17.6. The number of hydrogen-bond acceptors (Lipinski definition) is 2. The van der Waals surface area contributed by atoms with Crippen LogP contribution >= 0.6 is 0 Å². The second-order valence-corrected chi connectivity index (χ2v) is 10.1. The maximum absolute atomic E-state index is 13.4. The molecule has 36 heavy (non-hydrogen) atoms. The molecule has 0 amide bonds. The Morgan fingerprint density at radius 1 is 0.861 bits per heavy atom. The first-order valence-corrected chi connectivity index (χ1v) is 13.0. The Labute approximate surface area is 213 Å². The molecule has 2 radical (unpaired) electrons. The van der Waals surface area contributed by atoms with E-state index in [1.807, 2.05) is 37.3 Å². The lowest BCUT2D eigenvalue weighted by Crippen LogP contribution is -2.43. The van der Waals surface area contributed by atoms with Crippen LogP contribution in [0.2, 0.25) is 0 Å². The molecule has 0 N–H and O–H groups in total. The highest BCUT2D eigenvalue weighted by molar-refractivity contribution is 6.32. The first kappa shape index (κ1) is 22.8. The fourth-order valence-corrected chi connectivity index (χ4v) is 5.97. The van der Waals surface area contributed by atoms with E-state index in [4.69, 9.17) is 7.85 Å². The summed E-state index contributed by atoms with van der Waals surface area (Å²) in [5.41, 5.74) is 2.91. The molecule has 0 aromatic heterocycles. The van der Waals surface area contributed by atoms with Crippen LogP contribution in [0.25, 0.3) is 32.3 Å². The van der Waals surface area contributed by atoms with Crippen molar-refractivity contribution in [2.75, 3.05) is 26.2 Å². The molecule has 0 bridgehead atoms. The summed E-state index contributed by atoms with van der Waals surface area (Å²) in [6, 6.07) is 27.0. The molecule has 3 nitrogen and oxygen atoms in total. The van der Waals surface area contributed by atoms with Crippen LogP contribution in [-0.4, -0.2) is 55.1 Å². The topological polar surface area (TPSA) is 23.3 Å². The number of benzene rings is 5. The highest BCUT2D eigenvalue weighted by Crippen LogP contribution is 2.36. The zero-order chi connectivity index (χ0) is 24.6. The van der Waals surface area contributed by atoms with Crippen LogP contribution < -0.4 is 5.46 Å². The van der Waals surface area contributed by atoms with Crippen LogP contribution in [0, 0.1) is 6.92 Å². The van der Waals surface area contributed by atoms with E-state index < -0.39 is 0 Å². The standard InChI is InChI=1S/C25H23N2O.C7H7B/c28-22(16-27-15-3-14-26-13-2-6-23(26)27)20-11-9-19-8-7-17-4-1-5-18-10-12-21(20)25(19)24(17)18;1-6-3-2-4-7(8)5-6/h1,4-5,7-12H,2-3,6,13-16H2;2-5H,1H3/q+1;. The molecular formula is C32H30BN2O+. The maximum atomic E-state index is 13.4. The molecule has 7 rings (SSSR count). The number of aryl methyl sites for hydroxylation is 1. The largest absolute Gasteiger partial charge is 0.290 e. The quantitative estimate of drug-likeness (QED) is 0.152. The number of hydrogen-bond donors (Lipinski definition) is 0. The minimum absolute atomic E-state index is 0.235. The Bertz CT molecular complexity index is 1590. The fourth-order valence-electron chi connectivity index (χ4n) is 5.97. The minimum Gasteiger partial charge on any atom is -0.290 e. The molecule has 2 heterocycles. The third-order valence-corrected chi connectivity index (χ3v) is 7.62. The molecule has 5 aromatic rings. The first-order valence-electron chi connectivity index (χ1n) is 13.0. The van der Waals surface area contributed by atoms with Gasteiger partial charge in [0.1, 0.15) is 14.4 Å². The maximum Gasteiger partial charge on any atom is 0.247 e. The molecule has 176 valence electrons. The lowest BCUT2D eigenvalue weighted by molar-refractivity contribution is -0.529. The van der Waals surface area contributed by atoms with Crippen molar-refractivity contribution >= 4 is 57.2 Å². The Hall–Kier alpha value is -3.66. The third kappa shape index (κ3) is 4.15. The Kier molecular flexibility index (Phi) is 5.96. The molecule has 0 unspecified atom stereocenters. The summed E-state index contributed by atoms with van der Waals surface area (Å²) in [7, 11) is 5.46. The van der Waals surface area contributed by atoms with Gasteiger partial charge in [-0.2, -0.15) is 0 Å². The van der Waals surface area contributed by atoms with Crippen LogP contribution in [0.3, 0.4) is 0 Å². The summed E-state index contributed by atoms with van der Waals surface area (Å²) in [6.45, 7) is 5.83. The lowest BCUT2D eigenvalue weighted by atomic mass is 9.91. The average Bonchev–Trinajstić information content (AvgIpc) is 3.37. The van der Waals surface area contributed by atoms with Gasteiger partial charge in [0.2, 0.25) is 11.6 Å². The van der Waals surface area contributed by atoms with Gasteiger partial charge in [0, 0.05) is 12.0 Å². The van der Waals surface area contributed by atoms with E-state index in [0.29, 0.717) is 6.54 Å². The van der Waals surface area contributed by atoms with E-state index in [-0.39, 0.29) is 5.78 Å². The van der Waals surface area contributed by atoms with E-state index in [2.05, 4.69) is 58.0 Å². The van der Waals surface area contributed by atoms with Gasteiger partial charge in [0.15, 0.2) is 0 Å². The minimum atomic E-state index is 0.235. The van der Waals surface area contributed by atoms with Crippen molar-refractivity contribution in [1.82, 2.24) is 4.90 Å². The predicted molar refractivity (Wildman–Crippen MR) is 151 cm³/mol. The molecular weight excluding hydrogens is 439 g/mol. The summed E-state index contributed by atoms with van der Waals surface area (Å²) < 4.78 is 2.47. The highest BCUT2D eigenvalue weighted by atomic mass is 16.1. The predicted octanol–water partition coefficient (Wildman–Crippen LogP) is 5.47. The summed E-state index contributed by atoms with van der Waals surface area (Å²) >= 11 is 0. The van der Waals surface area contributed by atoms with Gasteiger partial charge >= 0.3 is 0 Å². The van der Waals surface area contributed by atoms with E-state index in [1.165, 1.54) is 44.8 Å². The van der Waals surface area contributed by atoms with Crippen LogP contribution in [0.1, 0.15) is 35.2 Å². The monoisotopic (exact) mass is 469 g/mol. The summed E-state index contributed by atoms with van der Waals surface area (Å²) in [5.74, 6) is 1.62. The number of amidine groups is 1.